The van der Waals surface area contributed by atoms with Crippen molar-refractivity contribution in [2.45, 2.75) is 39.7 Å². The van der Waals surface area contributed by atoms with E-state index >= 15 is 0 Å². The second-order valence-electron chi connectivity index (χ2n) is 8.65. The molecule has 29 heavy (non-hydrogen) atoms. The van der Waals surface area contributed by atoms with Gasteiger partial charge in [-0.3, -0.25) is 0 Å². The molecule has 3 aromatic carbocycles. The Morgan fingerprint density at radius 3 is 2.10 bits per heavy atom. The molecule has 146 valence electrons. The fraction of sp³-hybridized carbons (Fsp3) is 0.231. The minimum Gasteiger partial charge on any atom is -0.124 e. The van der Waals surface area contributed by atoms with Crippen LogP contribution in [0.4, 0.5) is 0 Å². The standard InChI is InChI=1S/C26H28N3/c1-20-10-16-24(17-11-20)28-19-25(22-8-6-5-7-9-22)29(27-28)18-21-12-14-23(15-13-21)26(2,3)4/h5-17,19H,18H2,1-4H3/q+1. The molecule has 0 unspecified atom stereocenters. The highest BCUT2D eigenvalue weighted by atomic mass is 15.5. The van der Waals surface area contributed by atoms with Gasteiger partial charge in [0.05, 0.1) is 5.21 Å². The summed E-state index contributed by atoms with van der Waals surface area (Å²) in [4.78, 5) is 0. The van der Waals surface area contributed by atoms with E-state index in [4.69, 9.17) is 5.21 Å². The molecule has 0 aliphatic rings. The van der Waals surface area contributed by atoms with Crippen LogP contribution in [0.3, 0.4) is 0 Å². The molecule has 0 aliphatic carbocycles. The van der Waals surface area contributed by atoms with Crippen molar-refractivity contribution < 1.29 is 4.68 Å². The van der Waals surface area contributed by atoms with Crippen LogP contribution in [-0.2, 0) is 12.0 Å². The van der Waals surface area contributed by atoms with E-state index < -0.39 is 0 Å². The maximum Gasteiger partial charge on any atom is 0.198 e. The SMILES string of the molecule is Cc1ccc(-n2cc(-c3ccccc3)[n+](Cc3ccc(C(C)(C)C)cc3)n2)cc1. The molecule has 4 aromatic rings. The van der Waals surface area contributed by atoms with Crippen molar-refractivity contribution in [3.8, 4) is 16.9 Å². The van der Waals surface area contributed by atoms with Gasteiger partial charge in [-0.1, -0.05) is 93.1 Å². The quantitative estimate of drug-likeness (QED) is 0.428. The number of rotatable bonds is 4. The number of aromatic nitrogens is 3. The predicted octanol–water partition coefficient (Wildman–Crippen LogP) is 5.48. The molecule has 0 spiro atoms. The Balaban J connectivity index is 1.72. The van der Waals surface area contributed by atoms with E-state index in [2.05, 4.69) is 111 Å². The highest BCUT2D eigenvalue weighted by Crippen LogP contribution is 2.22. The third kappa shape index (κ3) is 4.29. The summed E-state index contributed by atoms with van der Waals surface area (Å²) in [5.41, 5.74) is 7.33. The van der Waals surface area contributed by atoms with E-state index in [-0.39, 0.29) is 5.41 Å². The number of hydrogen-bond acceptors (Lipinski definition) is 1. The molecule has 3 nitrogen and oxygen atoms in total. The fourth-order valence-electron chi connectivity index (χ4n) is 3.43. The maximum atomic E-state index is 4.89. The Morgan fingerprint density at radius 1 is 0.828 bits per heavy atom. The van der Waals surface area contributed by atoms with E-state index in [1.807, 2.05) is 10.7 Å². The first-order valence-electron chi connectivity index (χ1n) is 10.1. The summed E-state index contributed by atoms with van der Waals surface area (Å²) in [5, 5.41) is 4.89. The Bertz CT molecular complexity index is 1080. The number of aryl methyl sites for hydroxylation is 1. The zero-order chi connectivity index (χ0) is 20.4. The fourth-order valence-corrected chi connectivity index (χ4v) is 3.43. The molecule has 1 heterocycles. The molecule has 4 rings (SSSR count). The average Bonchev–Trinajstić information content (AvgIpc) is 3.13. The highest BCUT2D eigenvalue weighted by molar-refractivity contribution is 5.55. The summed E-state index contributed by atoms with van der Waals surface area (Å²) in [5.74, 6) is 0. The Kier molecular flexibility index (Phi) is 5.06. The summed E-state index contributed by atoms with van der Waals surface area (Å²) >= 11 is 0. The molecule has 0 aliphatic heterocycles. The van der Waals surface area contributed by atoms with Crippen LogP contribution < -0.4 is 4.68 Å². The maximum absolute atomic E-state index is 4.89. The molecule has 0 saturated heterocycles. The first kappa shape index (κ1) is 19.1. The first-order chi connectivity index (χ1) is 13.9. The van der Waals surface area contributed by atoms with Crippen LogP contribution in [-0.4, -0.2) is 9.90 Å². The molecule has 0 bridgehead atoms. The van der Waals surface area contributed by atoms with Gasteiger partial charge in [0.1, 0.15) is 6.54 Å². The summed E-state index contributed by atoms with van der Waals surface area (Å²) < 4.78 is 4.05. The van der Waals surface area contributed by atoms with Crippen LogP contribution in [0.1, 0.15) is 37.5 Å². The summed E-state index contributed by atoms with van der Waals surface area (Å²) in [6, 6.07) is 27.8. The van der Waals surface area contributed by atoms with Crippen molar-refractivity contribution in [3.63, 3.8) is 0 Å². The van der Waals surface area contributed by atoms with Gasteiger partial charge in [-0.05, 0) is 35.6 Å². The lowest BCUT2D eigenvalue weighted by Gasteiger charge is -2.18. The average molecular weight is 383 g/mol. The lowest BCUT2D eigenvalue weighted by Crippen LogP contribution is -2.39. The zero-order valence-corrected chi connectivity index (χ0v) is 17.6. The van der Waals surface area contributed by atoms with Gasteiger partial charge in [-0.2, -0.15) is 0 Å². The van der Waals surface area contributed by atoms with Gasteiger partial charge in [-0.15, -0.1) is 9.36 Å². The molecular formula is C26H28N3+. The van der Waals surface area contributed by atoms with Gasteiger partial charge in [0.2, 0.25) is 0 Å². The molecule has 1 aromatic heterocycles. The molecule has 3 heteroatoms. The molecular weight excluding hydrogens is 354 g/mol. The topological polar surface area (TPSA) is 21.7 Å². The van der Waals surface area contributed by atoms with E-state index in [1.54, 1.807) is 0 Å². The third-order valence-electron chi connectivity index (χ3n) is 5.25. The molecule has 0 atom stereocenters. The molecule has 0 fully saturated rings. The normalized spacial score (nSPS) is 11.6. The molecule has 0 saturated carbocycles. The van der Waals surface area contributed by atoms with Crippen molar-refractivity contribution in [1.29, 1.82) is 0 Å². The van der Waals surface area contributed by atoms with Crippen LogP contribution in [0.2, 0.25) is 0 Å². The van der Waals surface area contributed by atoms with E-state index in [0.29, 0.717) is 0 Å². The first-order valence-corrected chi connectivity index (χ1v) is 10.1. The van der Waals surface area contributed by atoms with Crippen molar-refractivity contribution >= 4 is 0 Å². The van der Waals surface area contributed by atoms with Gasteiger partial charge in [0.15, 0.2) is 17.6 Å². The minimum absolute atomic E-state index is 0.161. The highest BCUT2D eigenvalue weighted by Gasteiger charge is 2.20. The predicted molar refractivity (Wildman–Crippen MR) is 118 cm³/mol. The van der Waals surface area contributed by atoms with Crippen LogP contribution >= 0.6 is 0 Å². The monoisotopic (exact) mass is 382 g/mol. The summed E-state index contributed by atoms with van der Waals surface area (Å²) in [6.45, 7) is 9.56. The molecule has 0 N–H and O–H groups in total. The van der Waals surface area contributed by atoms with Crippen molar-refractivity contribution in [1.82, 2.24) is 9.90 Å². The lowest BCUT2D eigenvalue weighted by atomic mass is 9.87. The smallest absolute Gasteiger partial charge is 0.124 e. The third-order valence-corrected chi connectivity index (χ3v) is 5.25. The summed E-state index contributed by atoms with van der Waals surface area (Å²) in [7, 11) is 0. The Hall–Kier alpha value is -3.20. The van der Waals surface area contributed by atoms with Crippen molar-refractivity contribution in [3.05, 3.63) is 102 Å². The molecule has 0 radical (unpaired) electrons. The zero-order valence-electron chi connectivity index (χ0n) is 17.6. The second kappa shape index (κ2) is 7.67. The van der Waals surface area contributed by atoms with Gasteiger partial charge >= 0.3 is 0 Å². The lowest BCUT2D eigenvalue weighted by molar-refractivity contribution is -0.737. The van der Waals surface area contributed by atoms with E-state index in [9.17, 15) is 0 Å². The van der Waals surface area contributed by atoms with E-state index in [0.717, 1.165) is 23.5 Å². The number of nitrogens with zero attached hydrogens (tertiary/aromatic N) is 3. The van der Waals surface area contributed by atoms with Crippen LogP contribution in [0.25, 0.3) is 16.9 Å². The van der Waals surface area contributed by atoms with E-state index in [1.165, 1.54) is 16.7 Å². The van der Waals surface area contributed by atoms with Crippen molar-refractivity contribution in [2.24, 2.45) is 0 Å². The van der Waals surface area contributed by atoms with Gasteiger partial charge in [0.25, 0.3) is 0 Å². The van der Waals surface area contributed by atoms with Crippen LogP contribution in [0, 0.1) is 6.92 Å². The molecule has 0 amide bonds. The summed E-state index contributed by atoms with van der Waals surface area (Å²) in [6.07, 6.45) is 2.11. The van der Waals surface area contributed by atoms with Gasteiger partial charge in [-0.25, -0.2) is 0 Å². The largest absolute Gasteiger partial charge is 0.198 e. The Labute approximate surface area is 173 Å². The van der Waals surface area contributed by atoms with Crippen molar-refractivity contribution in [2.75, 3.05) is 0 Å². The number of benzene rings is 3. The Morgan fingerprint density at radius 2 is 1.48 bits per heavy atom. The van der Waals surface area contributed by atoms with Crippen LogP contribution in [0.15, 0.2) is 85.1 Å². The second-order valence-corrected chi connectivity index (χ2v) is 8.65. The minimum atomic E-state index is 0.161. The van der Waals surface area contributed by atoms with Gasteiger partial charge < -0.3 is 0 Å². The van der Waals surface area contributed by atoms with Crippen LogP contribution in [0.5, 0.6) is 0 Å². The van der Waals surface area contributed by atoms with Gasteiger partial charge in [0, 0.05) is 5.56 Å². The number of hydrogen-bond donors (Lipinski definition) is 0.